The van der Waals surface area contributed by atoms with Crippen molar-refractivity contribution in [3.8, 4) is 0 Å². The maximum atomic E-state index is 10.3. The molecule has 0 radical (unpaired) electrons. The van der Waals surface area contributed by atoms with Crippen molar-refractivity contribution in [3.05, 3.63) is 35.9 Å². The van der Waals surface area contributed by atoms with E-state index >= 15 is 0 Å². The van der Waals surface area contributed by atoms with Crippen LogP contribution in [0.4, 0.5) is 0 Å². The minimum absolute atomic E-state index is 0. The molecule has 1 aromatic rings. The molecule has 0 fully saturated rings. The van der Waals surface area contributed by atoms with Crippen LogP contribution in [0.5, 0.6) is 0 Å². The number of hydrogen-bond acceptors (Lipinski definition) is 3. The molecule has 1 unspecified atom stereocenters. The summed E-state index contributed by atoms with van der Waals surface area (Å²) >= 11 is 0. The molecule has 1 rings (SSSR count). The van der Waals surface area contributed by atoms with Crippen LogP contribution in [0.25, 0.3) is 0 Å². The molecule has 1 aromatic carbocycles. The SMILES string of the molecule is CC(C)NC(C)C.CC(CC(=O)[O-])c1ccccc1.[Li+]. The van der Waals surface area contributed by atoms with Gasteiger partial charge in [0.25, 0.3) is 0 Å². The molecule has 0 aliphatic rings. The number of rotatable bonds is 5. The zero-order valence-corrected chi connectivity index (χ0v) is 13.6. The van der Waals surface area contributed by atoms with Gasteiger partial charge in [-0.15, -0.1) is 0 Å². The normalized spacial score (nSPS) is 11.3. The third-order valence-corrected chi connectivity index (χ3v) is 2.51. The molecule has 1 N–H and O–H groups in total. The Hall–Kier alpha value is -0.753. The Morgan fingerprint density at radius 3 is 1.80 bits per heavy atom. The number of aliphatic carboxylic acids is 1. The van der Waals surface area contributed by atoms with Crippen LogP contribution in [0.15, 0.2) is 30.3 Å². The van der Waals surface area contributed by atoms with E-state index in [1.165, 1.54) is 0 Å². The largest absolute Gasteiger partial charge is 1.00 e. The van der Waals surface area contributed by atoms with Crippen molar-refractivity contribution >= 4 is 5.97 Å². The summed E-state index contributed by atoms with van der Waals surface area (Å²) in [7, 11) is 0. The van der Waals surface area contributed by atoms with Crippen molar-refractivity contribution < 1.29 is 28.8 Å². The molecule has 3 nitrogen and oxygen atoms in total. The van der Waals surface area contributed by atoms with Crippen LogP contribution in [-0.4, -0.2) is 18.1 Å². The third kappa shape index (κ3) is 12.3. The predicted octanol–water partition coefficient (Wildman–Crippen LogP) is -0.673. The molecule has 0 heterocycles. The van der Waals surface area contributed by atoms with Crippen LogP contribution >= 0.6 is 0 Å². The van der Waals surface area contributed by atoms with Gasteiger partial charge in [-0.05, 0) is 17.9 Å². The maximum Gasteiger partial charge on any atom is 1.00 e. The molecule has 0 aromatic heterocycles. The smallest absolute Gasteiger partial charge is 0.550 e. The average molecular weight is 271 g/mol. The van der Waals surface area contributed by atoms with Gasteiger partial charge in [-0.2, -0.15) is 0 Å². The van der Waals surface area contributed by atoms with Gasteiger partial charge in [0.1, 0.15) is 0 Å². The number of carbonyl (C=O) groups is 1. The van der Waals surface area contributed by atoms with E-state index in [-0.39, 0.29) is 31.2 Å². The second-order valence-corrected chi connectivity index (χ2v) is 5.36. The molecule has 20 heavy (non-hydrogen) atoms. The molecule has 0 aliphatic carbocycles. The Labute approximate surface area is 135 Å². The van der Waals surface area contributed by atoms with Gasteiger partial charge < -0.3 is 15.2 Å². The molecule has 1 atom stereocenters. The van der Waals surface area contributed by atoms with Crippen LogP contribution in [0.1, 0.15) is 52.5 Å². The number of carboxylic acid groups (broad SMARTS) is 1. The maximum absolute atomic E-state index is 10.3. The van der Waals surface area contributed by atoms with E-state index in [0.29, 0.717) is 12.1 Å². The first-order chi connectivity index (χ1) is 8.82. The average Bonchev–Trinajstić information content (AvgIpc) is 2.28. The van der Waals surface area contributed by atoms with Crippen molar-refractivity contribution in [2.75, 3.05) is 0 Å². The summed E-state index contributed by atoms with van der Waals surface area (Å²) in [4.78, 5) is 10.3. The molecule has 0 aliphatic heterocycles. The quantitative estimate of drug-likeness (QED) is 0.723. The number of carbonyl (C=O) groups excluding carboxylic acids is 1. The second kappa shape index (κ2) is 12.0. The van der Waals surface area contributed by atoms with Gasteiger partial charge in [0, 0.05) is 18.1 Å². The Morgan fingerprint density at radius 1 is 1.05 bits per heavy atom. The minimum Gasteiger partial charge on any atom is -0.550 e. The predicted molar refractivity (Wildman–Crippen MR) is 77.9 cm³/mol. The van der Waals surface area contributed by atoms with Crippen LogP contribution < -0.4 is 29.3 Å². The van der Waals surface area contributed by atoms with Crippen LogP contribution in [0.3, 0.4) is 0 Å². The number of benzene rings is 1. The monoisotopic (exact) mass is 271 g/mol. The van der Waals surface area contributed by atoms with Crippen LogP contribution in [0.2, 0.25) is 0 Å². The fourth-order valence-corrected chi connectivity index (χ4v) is 1.82. The van der Waals surface area contributed by atoms with E-state index in [1.54, 1.807) is 0 Å². The van der Waals surface area contributed by atoms with Gasteiger partial charge >= 0.3 is 18.9 Å². The first-order valence-electron chi connectivity index (χ1n) is 6.83. The van der Waals surface area contributed by atoms with Gasteiger partial charge in [-0.25, -0.2) is 0 Å². The summed E-state index contributed by atoms with van der Waals surface area (Å²) in [6.45, 7) is 10.5. The molecule has 4 heteroatoms. The Bertz CT molecular complexity index is 347. The molecular weight excluding hydrogens is 245 g/mol. The third-order valence-electron chi connectivity index (χ3n) is 2.51. The van der Waals surface area contributed by atoms with E-state index in [1.807, 2.05) is 37.3 Å². The Morgan fingerprint density at radius 2 is 1.50 bits per heavy atom. The summed E-state index contributed by atoms with van der Waals surface area (Å²) in [6, 6.07) is 10.8. The summed E-state index contributed by atoms with van der Waals surface area (Å²) in [5, 5.41) is 13.6. The van der Waals surface area contributed by atoms with Crippen molar-refractivity contribution in [2.45, 2.75) is 59.0 Å². The van der Waals surface area contributed by atoms with E-state index in [9.17, 15) is 9.90 Å². The van der Waals surface area contributed by atoms with Gasteiger partial charge in [0.15, 0.2) is 0 Å². The molecule has 0 bridgehead atoms. The second-order valence-electron chi connectivity index (χ2n) is 5.36. The molecule has 0 amide bonds. The van der Waals surface area contributed by atoms with E-state index in [0.717, 1.165) is 5.56 Å². The summed E-state index contributed by atoms with van der Waals surface area (Å²) in [5.41, 5.74) is 1.04. The Kier molecular flexibility index (Phi) is 13.0. The summed E-state index contributed by atoms with van der Waals surface area (Å²) < 4.78 is 0. The number of nitrogens with one attached hydrogen (secondary N) is 1. The molecule has 0 saturated heterocycles. The van der Waals surface area contributed by atoms with Crippen LogP contribution in [0, 0.1) is 0 Å². The first kappa shape index (κ1) is 21.5. The zero-order chi connectivity index (χ0) is 14.8. The van der Waals surface area contributed by atoms with Gasteiger partial charge in [0.2, 0.25) is 0 Å². The number of hydrogen-bond donors (Lipinski definition) is 1. The van der Waals surface area contributed by atoms with E-state index < -0.39 is 5.97 Å². The fraction of sp³-hybridized carbons (Fsp3) is 0.562. The molecule has 108 valence electrons. The molecule has 0 saturated carbocycles. The first-order valence-corrected chi connectivity index (χ1v) is 6.83. The van der Waals surface area contributed by atoms with Gasteiger partial charge in [-0.1, -0.05) is 65.0 Å². The van der Waals surface area contributed by atoms with Gasteiger partial charge in [-0.3, -0.25) is 0 Å². The Balaban J connectivity index is 0. The summed E-state index contributed by atoms with van der Waals surface area (Å²) in [6.07, 6.45) is 0.0873. The number of carboxylic acids is 1. The van der Waals surface area contributed by atoms with E-state index in [2.05, 4.69) is 33.0 Å². The minimum atomic E-state index is -0.994. The van der Waals surface area contributed by atoms with Crippen molar-refractivity contribution in [2.24, 2.45) is 0 Å². The fourth-order valence-electron chi connectivity index (χ4n) is 1.82. The molecule has 0 spiro atoms. The van der Waals surface area contributed by atoms with Crippen LogP contribution in [-0.2, 0) is 4.79 Å². The molecular formula is C16H26LiNO2. The van der Waals surface area contributed by atoms with Crippen molar-refractivity contribution in [1.82, 2.24) is 5.32 Å². The van der Waals surface area contributed by atoms with Gasteiger partial charge in [0.05, 0.1) is 0 Å². The zero-order valence-electron chi connectivity index (χ0n) is 13.6. The van der Waals surface area contributed by atoms with Crippen molar-refractivity contribution in [3.63, 3.8) is 0 Å². The van der Waals surface area contributed by atoms with Crippen molar-refractivity contribution in [1.29, 1.82) is 0 Å². The topological polar surface area (TPSA) is 52.2 Å². The van der Waals surface area contributed by atoms with E-state index in [4.69, 9.17) is 0 Å². The standard InChI is InChI=1S/C10H12O2.C6H15N.Li/c1-8(7-10(11)12)9-5-3-2-4-6-9;1-5(2)7-6(3)4;/h2-6,8H,7H2,1H3,(H,11,12);5-7H,1-4H3;/q;;+1/p-1. The summed E-state index contributed by atoms with van der Waals surface area (Å²) in [5.74, 6) is -0.956.